The van der Waals surface area contributed by atoms with E-state index in [9.17, 15) is 18.0 Å². The van der Waals surface area contributed by atoms with E-state index >= 15 is 0 Å². The van der Waals surface area contributed by atoms with E-state index in [4.69, 9.17) is 0 Å². The van der Waals surface area contributed by atoms with Gasteiger partial charge in [0.1, 0.15) is 12.7 Å². The summed E-state index contributed by atoms with van der Waals surface area (Å²) < 4.78 is 46.2. The van der Waals surface area contributed by atoms with Crippen LogP contribution < -0.4 is 0 Å². The quantitative estimate of drug-likeness (QED) is 0.707. The van der Waals surface area contributed by atoms with E-state index in [1.54, 1.807) is 13.8 Å². The molecule has 0 saturated heterocycles. The van der Waals surface area contributed by atoms with Crippen LogP contribution in [0.5, 0.6) is 0 Å². The smallest absolute Gasteiger partial charge is 0.433 e. The van der Waals surface area contributed by atoms with Crippen molar-refractivity contribution in [3.05, 3.63) is 0 Å². The summed E-state index contributed by atoms with van der Waals surface area (Å²) in [5.41, 5.74) is -2.07. The lowest BCUT2D eigenvalue weighted by Crippen LogP contribution is -2.37. The molecule has 0 N–H and O–H groups in total. The van der Waals surface area contributed by atoms with Crippen LogP contribution >= 0.6 is 0 Å². The highest BCUT2D eigenvalue weighted by Crippen LogP contribution is 2.37. The van der Waals surface area contributed by atoms with Crippen LogP contribution in [0.2, 0.25) is 0 Å². The zero-order chi connectivity index (χ0) is 13.0. The molecule has 6 heteroatoms. The highest BCUT2D eigenvalue weighted by molar-refractivity contribution is 5.60. The van der Waals surface area contributed by atoms with Crippen LogP contribution in [-0.4, -0.2) is 25.0 Å². The molecule has 0 aliphatic carbocycles. The Labute approximate surface area is 92.9 Å². The van der Waals surface area contributed by atoms with E-state index in [-0.39, 0.29) is 6.10 Å². The zero-order valence-electron chi connectivity index (χ0n) is 9.85. The van der Waals surface area contributed by atoms with E-state index < -0.39 is 24.4 Å². The van der Waals surface area contributed by atoms with Crippen molar-refractivity contribution in [3.8, 4) is 0 Å². The first-order valence-corrected chi connectivity index (χ1v) is 5.00. The molecular formula is C10H17F3O3. The minimum atomic E-state index is -4.41. The summed E-state index contributed by atoms with van der Waals surface area (Å²) in [4.78, 5) is 11.0. The first-order chi connectivity index (χ1) is 7.10. The predicted octanol–water partition coefficient (Wildman–Crippen LogP) is 3.53. The van der Waals surface area contributed by atoms with Crippen molar-refractivity contribution in [2.75, 3.05) is 6.61 Å². The number of rotatable bonds is 4. The topological polar surface area (TPSA) is 35.5 Å². The summed E-state index contributed by atoms with van der Waals surface area (Å²) in [6.07, 6.45) is -5.25. The number of carbonyl (C=O) groups is 1. The van der Waals surface area contributed by atoms with Crippen LogP contribution in [-0.2, 0) is 9.47 Å². The molecule has 1 unspecified atom stereocenters. The van der Waals surface area contributed by atoms with Crippen molar-refractivity contribution in [2.45, 2.75) is 46.4 Å². The Morgan fingerprint density at radius 2 is 1.81 bits per heavy atom. The fourth-order valence-electron chi connectivity index (χ4n) is 0.603. The molecular weight excluding hydrogens is 225 g/mol. The summed E-state index contributed by atoms with van der Waals surface area (Å²) >= 11 is 0. The fraction of sp³-hybridized carbons (Fsp3) is 0.900. The molecule has 0 aromatic heterocycles. The molecule has 96 valence electrons. The van der Waals surface area contributed by atoms with Gasteiger partial charge >= 0.3 is 12.3 Å². The van der Waals surface area contributed by atoms with E-state index in [2.05, 4.69) is 9.47 Å². The van der Waals surface area contributed by atoms with Gasteiger partial charge < -0.3 is 9.47 Å². The van der Waals surface area contributed by atoms with E-state index in [0.29, 0.717) is 6.42 Å². The molecule has 0 saturated carbocycles. The molecule has 0 aromatic carbocycles. The van der Waals surface area contributed by atoms with Gasteiger partial charge in [0.15, 0.2) is 0 Å². The third kappa shape index (κ3) is 4.72. The Balaban J connectivity index is 4.11. The van der Waals surface area contributed by atoms with Gasteiger partial charge in [-0.25, -0.2) is 4.79 Å². The second-order valence-corrected chi connectivity index (χ2v) is 4.26. The summed E-state index contributed by atoms with van der Waals surface area (Å²) in [5.74, 6) is 0. The number of halogens is 3. The molecule has 0 radical (unpaired) electrons. The monoisotopic (exact) mass is 242 g/mol. The number of hydrogen-bond donors (Lipinski definition) is 0. The van der Waals surface area contributed by atoms with Crippen LogP contribution in [0.1, 0.15) is 34.1 Å². The average Bonchev–Trinajstić information content (AvgIpc) is 2.13. The van der Waals surface area contributed by atoms with E-state index in [0.717, 1.165) is 13.8 Å². The third-order valence-electron chi connectivity index (χ3n) is 2.19. The number of hydrogen-bond acceptors (Lipinski definition) is 3. The molecule has 0 aliphatic heterocycles. The van der Waals surface area contributed by atoms with Gasteiger partial charge in [0.2, 0.25) is 0 Å². The van der Waals surface area contributed by atoms with E-state index in [1.165, 1.54) is 0 Å². The van der Waals surface area contributed by atoms with Gasteiger partial charge in [-0.05, 0) is 27.2 Å². The molecule has 0 rings (SSSR count). The van der Waals surface area contributed by atoms with E-state index in [1.807, 2.05) is 0 Å². The standard InChI is InChI=1S/C10H17F3O3/c1-5-7(2)16-8(14)15-6-9(3,4)10(11,12)13/h7H,5-6H2,1-4H3. The minimum absolute atomic E-state index is 0.360. The number of carbonyl (C=O) groups excluding carboxylic acids is 1. The lowest BCUT2D eigenvalue weighted by Gasteiger charge is -2.26. The molecule has 0 fully saturated rings. The van der Waals surface area contributed by atoms with Crippen molar-refractivity contribution < 1.29 is 27.4 Å². The maximum absolute atomic E-state index is 12.4. The van der Waals surface area contributed by atoms with Gasteiger partial charge in [-0.1, -0.05) is 6.92 Å². The molecule has 0 aliphatic rings. The average molecular weight is 242 g/mol. The van der Waals surface area contributed by atoms with Crippen molar-refractivity contribution in [2.24, 2.45) is 5.41 Å². The third-order valence-corrected chi connectivity index (χ3v) is 2.19. The normalized spacial score (nSPS) is 14.4. The highest BCUT2D eigenvalue weighted by atomic mass is 19.4. The van der Waals surface area contributed by atoms with Crippen LogP contribution in [0.25, 0.3) is 0 Å². The van der Waals surface area contributed by atoms with Crippen LogP contribution in [0.15, 0.2) is 0 Å². The fourth-order valence-corrected chi connectivity index (χ4v) is 0.603. The highest BCUT2D eigenvalue weighted by Gasteiger charge is 2.48. The maximum atomic E-state index is 12.4. The lowest BCUT2D eigenvalue weighted by atomic mass is 9.94. The van der Waals surface area contributed by atoms with Gasteiger partial charge in [0.25, 0.3) is 0 Å². The first kappa shape index (κ1) is 15.1. The van der Waals surface area contributed by atoms with Gasteiger partial charge in [0.05, 0.1) is 5.41 Å². The van der Waals surface area contributed by atoms with Crippen molar-refractivity contribution in [3.63, 3.8) is 0 Å². The van der Waals surface area contributed by atoms with Gasteiger partial charge in [-0.15, -0.1) is 0 Å². The summed E-state index contributed by atoms with van der Waals surface area (Å²) in [7, 11) is 0. The van der Waals surface area contributed by atoms with Crippen LogP contribution in [0.3, 0.4) is 0 Å². The van der Waals surface area contributed by atoms with Crippen LogP contribution in [0.4, 0.5) is 18.0 Å². The Hall–Kier alpha value is -0.940. The number of alkyl halides is 3. The summed E-state index contributed by atoms with van der Waals surface area (Å²) in [5, 5.41) is 0. The molecule has 16 heavy (non-hydrogen) atoms. The molecule has 0 spiro atoms. The summed E-state index contributed by atoms with van der Waals surface area (Å²) in [6, 6.07) is 0. The first-order valence-electron chi connectivity index (χ1n) is 5.00. The largest absolute Gasteiger partial charge is 0.508 e. The Kier molecular flexibility index (Phi) is 5.09. The Bertz CT molecular complexity index is 236. The Morgan fingerprint density at radius 3 is 2.19 bits per heavy atom. The van der Waals surface area contributed by atoms with Gasteiger partial charge in [0, 0.05) is 0 Å². The SMILES string of the molecule is CCC(C)OC(=O)OCC(C)(C)C(F)(F)F. The van der Waals surface area contributed by atoms with Gasteiger partial charge in [-0.2, -0.15) is 13.2 Å². The second kappa shape index (κ2) is 5.41. The maximum Gasteiger partial charge on any atom is 0.508 e. The molecule has 0 bridgehead atoms. The molecule has 0 amide bonds. The predicted molar refractivity (Wildman–Crippen MR) is 52.0 cm³/mol. The zero-order valence-corrected chi connectivity index (χ0v) is 9.85. The van der Waals surface area contributed by atoms with Gasteiger partial charge in [-0.3, -0.25) is 0 Å². The summed E-state index contributed by atoms with van der Waals surface area (Å²) in [6.45, 7) is 4.60. The van der Waals surface area contributed by atoms with Crippen molar-refractivity contribution in [1.82, 2.24) is 0 Å². The molecule has 0 heterocycles. The number of ether oxygens (including phenoxy) is 2. The second-order valence-electron chi connectivity index (χ2n) is 4.26. The Morgan fingerprint density at radius 1 is 1.31 bits per heavy atom. The van der Waals surface area contributed by atoms with Crippen LogP contribution in [0, 0.1) is 5.41 Å². The van der Waals surface area contributed by atoms with Crippen molar-refractivity contribution in [1.29, 1.82) is 0 Å². The minimum Gasteiger partial charge on any atom is -0.433 e. The molecule has 0 aromatic rings. The van der Waals surface area contributed by atoms with Crippen molar-refractivity contribution >= 4 is 6.16 Å². The molecule has 3 nitrogen and oxygen atoms in total. The molecule has 1 atom stereocenters. The lowest BCUT2D eigenvalue weighted by molar-refractivity contribution is -0.223.